The maximum atomic E-state index is 13.1. The largest absolute Gasteiger partial charge is 0.463 e. The van der Waals surface area contributed by atoms with Crippen molar-refractivity contribution >= 4 is 28.6 Å². The zero-order chi connectivity index (χ0) is 20.8. The summed E-state index contributed by atoms with van der Waals surface area (Å²) in [5.41, 5.74) is 0.667. The van der Waals surface area contributed by atoms with Gasteiger partial charge < -0.3 is 15.0 Å². The Bertz CT molecular complexity index is 888. The number of nitrogens with one attached hydrogen (secondary N) is 1. The highest BCUT2D eigenvalue weighted by atomic mass is 16.5. The SMILES string of the molecule is CC(C)OC(=O)CCNC(=O)C1CCCN(C(=O)c2cccc3ccccc23)C1. The molecule has 1 heterocycles. The number of hydrogen-bond acceptors (Lipinski definition) is 4. The van der Waals surface area contributed by atoms with Crippen LogP contribution in [0.1, 0.15) is 43.5 Å². The third-order valence-electron chi connectivity index (χ3n) is 5.09. The average Bonchev–Trinajstić information content (AvgIpc) is 2.72. The second-order valence-electron chi connectivity index (χ2n) is 7.70. The van der Waals surface area contributed by atoms with Crippen LogP contribution in [-0.4, -0.2) is 48.4 Å². The van der Waals surface area contributed by atoms with Gasteiger partial charge in [0, 0.05) is 25.2 Å². The summed E-state index contributed by atoms with van der Waals surface area (Å²) in [6, 6.07) is 13.5. The van der Waals surface area contributed by atoms with Crippen LogP contribution in [0.2, 0.25) is 0 Å². The first kappa shape index (κ1) is 20.8. The van der Waals surface area contributed by atoms with E-state index >= 15 is 0 Å². The number of amides is 2. The quantitative estimate of drug-likeness (QED) is 0.761. The fraction of sp³-hybridized carbons (Fsp3) is 0.435. The smallest absolute Gasteiger partial charge is 0.307 e. The lowest BCUT2D eigenvalue weighted by Gasteiger charge is -2.32. The molecule has 0 radical (unpaired) electrons. The molecule has 29 heavy (non-hydrogen) atoms. The molecule has 2 aromatic rings. The number of nitrogens with zero attached hydrogens (tertiary/aromatic N) is 1. The van der Waals surface area contributed by atoms with Gasteiger partial charge in [0.1, 0.15) is 0 Å². The number of carbonyl (C=O) groups is 3. The molecule has 0 aromatic heterocycles. The van der Waals surface area contributed by atoms with Crippen molar-refractivity contribution in [3.63, 3.8) is 0 Å². The number of ether oxygens (including phenoxy) is 1. The number of rotatable bonds is 6. The molecule has 1 aliphatic heterocycles. The molecular weight excluding hydrogens is 368 g/mol. The Morgan fingerprint density at radius 3 is 2.69 bits per heavy atom. The Hall–Kier alpha value is -2.89. The maximum Gasteiger partial charge on any atom is 0.307 e. The van der Waals surface area contributed by atoms with E-state index in [9.17, 15) is 14.4 Å². The second kappa shape index (κ2) is 9.54. The predicted octanol–water partition coefficient (Wildman–Crippen LogP) is 3.15. The third kappa shape index (κ3) is 5.34. The Kier molecular flexibility index (Phi) is 6.86. The van der Waals surface area contributed by atoms with E-state index in [1.54, 1.807) is 18.7 Å². The minimum absolute atomic E-state index is 0.0418. The normalized spacial score (nSPS) is 16.7. The lowest BCUT2D eigenvalue weighted by Crippen LogP contribution is -2.45. The molecule has 154 valence electrons. The van der Waals surface area contributed by atoms with Crippen molar-refractivity contribution in [2.75, 3.05) is 19.6 Å². The van der Waals surface area contributed by atoms with Crippen LogP contribution < -0.4 is 5.32 Å². The van der Waals surface area contributed by atoms with E-state index in [2.05, 4.69) is 5.32 Å². The first-order chi connectivity index (χ1) is 14.0. The molecule has 3 rings (SSSR count). The first-order valence-electron chi connectivity index (χ1n) is 10.2. The minimum atomic E-state index is -0.322. The van der Waals surface area contributed by atoms with Crippen molar-refractivity contribution in [1.82, 2.24) is 10.2 Å². The summed E-state index contributed by atoms with van der Waals surface area (Å²) in [4.78, 5) is 39.0. The Labute approximate surface area is 171 Å². The fourth-order valence-electron chi connectivity index (χ4n) is 3.71. The Morgan fingerprint density at radius 2 is 1.90 bits per heavy atom. The number of benzene rings is 2. The molecule has 6 nitrogen and oxygen atoms in total. The zero-order valence-corrected chi connectivity index (χ0v) is 17.0. The highest BCUT2D eigenvalue weighted by Crippen LogP contribution is 2.23. The van der Waals surface area contributed by atoms with Crippen LogP contribution in [-0.2, 0) is 14.3 Å². The van der Waals surface area contributed by atoms with Crippen LogP contribution in [0.3, 0.4) is 0 Å². The molecule has 1 fully saturated rings. The van der Waals surface area contributed by atoms with Crippen LogP contribution in [0.4, 0.5) is 0 Å². The van der Waals surface area contributed by atoms with E-state index in [0.29, 0.717) is 18.7 Å². The van der Waals surface area contributed by atoms with Gasteiger partial charge in [-0.25, -0.2) is 0 Å². The van der Waals surface area contributed by atoms with Gasteiger partial charge in [0.05, 0.1) is 18.4 Å². The van der Waals surface area contributed by atoms with Gasteiger partial charge in [-0.2, -0.15) is 0 Å². The van der Waals surface area contributed by atoms with Crippen molar-refractivity contribution in [1.29, 1.82) is 0 Å². The summed E-state index contributed by atoms with van der Waals surface area (Å²) in [6.07, 6.45) is 1.51. The number of esters is 1. The Morgan fingerprint density at radius 1 is 1.14 bits per heavy atom. The molecule has 1 aliphatic rings. The average molecular weight is 396 g/mol. The van der Waals surface area contributed by atoms with E-state index in [0.717, 1.165) is 23.6 Å². The predicted molar refractivity (Wildman–Crippen MR) is 111 cm³/mol. The topological polar surface area (TPSA) is 75.7 Å². The van der Waals surface area contributed by atoms with Gasteiger partial charge in [-0.3, -0.25) is 14.4 Å². The molecule has 1 atom stereocenters. The fourth-order valence-corrected chi connectivity index (χ4v) is 3.71. The van der Waals surface area contributed by atoms with Crippen LogP contribution in [0.25, 0.3) is 10.8 Å². The maximum absolute atomic E-state index is 13.1. The lowest BCUT2D eigenvalue weighted by atomic mass is 9.95. The van der Waals surface area contributed by atoms with E-state index in [-0.39, 0.29) is 42.8 Å². The van der Waals surface area contributed by atoms with Crippen molar-refractivity contribution in [3.8, 4) is 0 Å². The van der Waals surface area contributed by atoms with Gasteiger partial charge in [-0.05, 0) is 43.5 Å². The summed E-state index contributed by atoms with van der Waals surface area (Å²) in [5, 5.41) is 4.76. The van der Waals surface area contributed by atoms with Gasteiger partial charge in [-0.15, -0.1) is 0 Å². The van der Waals surface area contributed by atoms with E-state index in [4.69, 9.17) is 4.74 Å². The third-order valence-corrected chi connectivity index (χ3v) is 5.09. The van der Waals surface area contributed by atoms with Crippen molar-refractivity contribution < 1.29 is 19.1 Å². The lowest BCUT2D eigenvalue weighted by molar-refractivity contribution is -0.147. The summed E-state index contributed by atoms with van der Waals surface area (Å²) in [5.74, 6) is -0.738. The monoisotopic (exact) mass is 396 g/mol. The van der Waals surface area contributed by atoms with Crippen LogP contribution in [0.5, 0.6) is 0 Å². The minimum Gasteiger partial charge on any atom is -0.463 e. The van der Waals surface area contributed by atoms with Crippen LogP contribution in [0.15, 0.2) is 42.5 Å². The molecule has 1 N–H and O–H groups in total. The molecule has 0 saturated carbocycles. The van der Waals surface area contributed by atoms with E-state index in [1.165, 1.54) is 0 Å². The van der Waals surface area contributed by atoms with E-state index in [1.807, 2.05) is 42.5 Å². The number of likely N-dealkylation sites (tertiary alicyclic amines) is 1. The Balaban J connectivity index is 1.59. The second-order valence-corrected chi connectivity index (χ2v) is 7.70. The van der Waals surface area contributed by atoms with Gasteiger partial charge in [0.2, 0.25) is 5.91 Å². The molecular formula is C23H28N2O4. The molecule has 0 spiro atoms. The molecule has 2 amide bonds. The standard InChI is InChI=1S/C23H28N2O4/c1-16(2)29-21(26)12-13-24-22(27)18-9-6-14-25(15-18)23(28)20-11-5-8-17-7-3-4-10-19(17)20/h3-5,7-8,10-11,16,18H,6,9,12-15H2,1-2H3,(H,24,27). The van der Waals surface area contributed by atoms with E-state index < -0.39 is 0 Å². The zero-order valence-electron chi connectivity index (χ0n) is 17.0. The molecule has 6 heteroatoms. The van der Waals surface area contributed by atoms with Crippen molar-refractivity contribution in [3.05, 3.63) is 48.0 Å². The number of hydrogen-bond donors (Lipinski definition) is 1. The molecule has 0 aliphatic carbocycles. The van der Waals surface area contributed by atoms with Crippen LogP contribution >= 0.6 is 0 Å². The highest BCUT2D eigenvalue weighted by Gasteiger charge is 2.29. The highest BCUT2D eigenvalue weighted by molar-refractivity contribution is 6.07. The summed E-state index contributed by atoms with van der Waals surface area (Å²) in [7, 11) is 0. The van der Waals surface area contributed by atoms with Gasteiger partial charge in [-0.1, -0.05) is 36.4 Å². The summed E-state index contributed by atoms with van der Waals surface area (Å²) in [6.45, 7) is 4.87. The number of fused-ring (bicyclic) bond motifs is 1. The first-order valence-corrected chi connectivity index (χ1v) is 10.2. The molecule has 1 saturated heterocycles. The number of piperidine rings is 1. The van der Waals surface area contributed by atoms with Crippen molar-refractivity contribution in [2.24, 2.45) is 5.92 Å². The van der Waals surface area contributed by atoms with Gasteiger partial charge >= 0.3 is 5.97 Å². The van der Waals surface area contributed by atoms with Gasteiger partial charge in [0.25, 0.3) is 5.91 Å². The summed E-state index contributed by atoms with van der Waals surface area (Å²) < 4.78 is 5.07. The molecule has 0 bridgehead atoms. The summed E-state index contributed by atoms with van der Waals surface area (Å²) >= 11 is 0. The van der Waals surface area contributed by atoms with Gasteiger partial charge in [0.15, 0.2) is 0 Å². The van der Waals surface area contributed by atoms with Crippen LogP contribution in [0, 0.1) is 5.92 Å². The molecule has 2 aromatic carbocycles. The number of carbonyl (C=O) groups excluding carboxylic acids is 3. The van der Waals surface area contributed by atoms with Crippen molar-refractivity contribution in [2.45, 2.75) is 39.2 Å². The molecule has 1 unspecified atom stereocenters.